The van der Waals surface area contributed by atoms with Crippen LogP contribution in [0.4, 0.5) is 16.2 Å². The Morgan fingerprint density at radius 3 is 2.06 bits per heavy atom. The Hall–Kier alpha value is -4.67. The van der Waals surface area contributed by atoms with E-state index < -0.39 is 30.6 Å². The van der Waals surface area contributed by atoms with Crippen molar-refractivity contribution in [3.8, 4) is 0 Å². The van der Waals surface area contributed by atoms with Crippen LogP contribution in [0.2, 0.25) is 0 Å². The Bertz CT molecular complexity index is 1190. The zero-order valence-electron chi connectivity index (χ0n) is 20.0. The summed E-state index contributed by atoms with van der Waals surface area (Å²) in [5.74, 6) is -2.23. The van der Waals surface area contributed by atoms with E-state index in [-0.39, 0.29) is 46.6 Å². The van der Waals surface area contributed by atoms with Gasteiger partial charge in [-0.1, -0.05) is 30.3 Å². The Kier molecular flexibility index (Phi) is 8.39. The number of carbonyl (C=O) groups excluding carboxylic acids is 5. The Balaban J connectivity index is 1.92. The number of urea groups is 1. The van der Waals surface area contributed by atoms with Crippen molar-refractivity contribution in [2.75, 3.05) is 23.8 Å². The minimum Gasteiger partial charge on any atom is -0.463 e. The summed E-state index contributed by atoms with van der Waals surface area (Å²) in [4.78, 5) is 61.0. The van der Waals surface area contributed by atoms with Crippen LogP contribution in [0.1, 0.15) is 42.7 Å². The maximum Gasteiger partial charge on any atom is 0.338 e. The van der Waals surface area contributed by atoms with E-state index >= 15 is 0 Å². The number of anilines is 2. The fourth-order valence-electron chi connectivity index (χ4n) is 3.59. The number of ether oxygens (including phenoxy) is 2. The average Bonchev–Trinajstić information content (AvgIpc) is 2.81. The van der Waals surface area contributed by atoms with E-state index in [1.165, 1.54) is 32.0 Å². The lowest BCUT2D eigenvalue weighted by molar-refractivity contribution is -0.139. The number of benzene rings is 2. The molecule has 1 heterocycles. The van der Waals surface area contributed by atoms with Gasteiger partial charge in [0.25, 0.3) is 0 Å². The van der Waals surface area contributed by atoms with Gasteiger partial charge in [0, 0.05) is 25.2 Å². The minimum atomic E-state index is -0.817. The summed E-state index contributed by atoms with van der Waals surface area (Å²) in [5, 5.41) is 10.3. The van der Waals surface area contributed by atoms with Gasteiger partial charge in [0.2, 0.25) is 11.8 Å². The topological polar surface area (TPSA) is 152 Å². The van der Waals surface area contributed by atoms with E-state index in [1.54, 1.807) is 37.3 Å². The first-order valence-corrected chi connectivity index (χ1v) is 11.1. The van der Waals surface area contributed by atoms with Crippen molar-refractivity contribution in [1.29, 1.82) is 0 Å². The summed E-state index contributed by atoms with van der Waals surface area (Å²) in [7, 11) is 0. The largest absolute Gasteiger partial charge is 0.463 e. The summed E-state index contributed by atoms with van der Waals surface area (Å²) in [5.41, 5.74) is 1.38. The van der Waals surface area contributed by atoms with E-state index in [1.807, 2.05) is 0 Å². The number of hydrogen-bond acceptors (Lipinski definition) is 7. The van der Waals surface area contributed by atoms with Crippen molar-refractivity contribution in [1.82, 2.24) is 10.6 Å². The molecule has 4 amide bonds. The second-order valence-electron chi connectivity index (χ2n) is 7.79. The molecular formula is C25H26N4O7. The number of amides is 4. The van der Waals surface area contributed by atoms with E-state index in [2.05, 4.69) is 21.3 Å². The van der Waals surface area contributed by atoms with Crippen LogP contribution in [0.5, 0.6) is 0 Å². The molecule has 2 aromatic carbocycles. The van der Waals surface area contributed by atoms with Crippen LogP contribution in [0.3, 0.4) is 0 Å². The molecule has 1 unspecified atom stereocenters. The molecule has 1 atom stereocenters. The molecule has 0 aromatic heterocycles. The molecule has 0 bridgehead atoms. The summed E-state index contributed by atoms with van der Waals surface area (Å²) < 4.78 is 10.6. The quantitative estimate of drug-likeness (QED) is 0.412. The number of rotatable bonds is 8. The molecule has 0 fully saturated rings. The molecule has 0 radical (unpaired) electrons. The highest BCUT2D eigenvalue weighted by molar-refractivity contribution is 5.98. The molecule has 11 heteroatoms. The molecule has 3 rings (SSSR count). The van der Waals surface area contributed by atoms with Crippen LogP contribution in [0, 0.1) is 0 Å². The third-order valence-corrected chi connectivity index (χ3v) is 4.94. The van der Waals surface area contributed by atoms with E-state index in [0.29, 0.717) is 5.56 Å². The maximum atomic E-state index is 12.9. The molecular weight excluding hydrogens is 468 g/mol. The Morgan fingerprint density at radius 2 is 1.50 bits per heavy atom. The van der Waals surface area contributed by atoms with Crippen LogP contribution in [-0.4, -0.2) is 43.0 Å². The first kappa shape index (κ1) is 25.9. The molecule has 0 spiro atoms. The maximum absolute atomic E-state index is 12.9. The smallest absolute Gasteiger partial charge is 0.338 e. The lowest BCUT2D eigenvalue weighted by atomic mass is 9.95. The fraction of sp³-hybridized carbons (Fsp3) is 0.240. The van der Waals surface area contributed by atoms with Gasteiger partial charge in [-0.3, -0.25) is 9.59 Å². The highest BCUT2D eigenvalue weighted by Crippen LogP contribution is 2.28. The average molecular weight is 495 g/mol. The highest BCUT2D eigenvalue weighted by Gasteiger charge is 2.34. The molecule has 0 saturated carbocycles. The molecule has 2 aromatic rings. The van der Waals surface area contributed by atoms with Crippen molar-refractivity contribution in [3.63, 3.8) is 0 Å². The second-order valence-corrected chi connectivity index (χ2v) is 7.79. The first-order chi connectivity index (χ1) is 17.2. The molecule has 0 aliphatic carbocycles. The molecule has 36 heavy (non-hydrogen) atoms. The summed E-state index contributed by atoms with van der Waals surface area (Å²) in [6.45, 7) is 3.92. The van der Waals surface area contributed by atoms with Crippen molar-refractivity contribution < 1.29 is 33.4 Å². The van der Waals surface area contributed by atoms with E-state index in [4.69, 9.17) is 9.47 Å². The van der Waals surface area contributed by atoms with Crippen LogP contribution in [0.25, 0.3) is 0 Å². The van der Waals surface area contributed by atoms with E-state index in [9.17, 15) is 24.0 Å². The van der Waals surface area contributed by atoms with Crippen molar-refractivity contribution in [2.24, 2.45) is 0 Å². The van der Waals surface area contributed by atoms with Gasteiger partial charge in [0.1, 0.15) is 6.61 Å². The predicted octanol–water partition coefficient (Wildman–Crippen LogP) is 2.63. The highest BCUT2D eigenvalue weighted by atomic mass is 16.5. The molecule has 4 N–H and O–H groups in total. The monoisotopic (exact) mass is 494 g/mol. The van der Waals surface area contributed by atoms with Gasteiger partial charge >= 0.3 is 18.0 Å². The van der Waals surface area contributed by atoms with Crippen molar-refractivity contribution in [3.05, 3.63) is 70.9 Å². The van der Waals surface area contributed by atoms with Gasteiger partial charge in [-0.25, -0.2) is 14.4 Å². The van der Waals surface area contributed by atoms with Gasteiger partial charge < -0.3 is 30.7 Å². The van der Waals surface area contributed by atoms with Crippen LogP contribution in [0.15, 0.2) is 59.8 Å². The molecule has 11 nitrogen and oxygen atoms in total. The first-order valence-electron chi connectivity index (χ1n) is 11.1. The summed E-state index contributed by atoms with van der Waals surface area (Å²) in [6.07, 6.45) is 0. The van der Waals surface area contributed by atoms with Crippen LogP contribution in [-0.2, 0) is 23.9 Å². The Labute approximate surface area is 207 Å². The molecule has 1 aliphatic rings. The lowest BCUT2D eigenvalue weighted by Crippen LogP contribution is -2.47. The lowest BCUT2D eigenvalue weighted by Gasteiger charge is -2.29. The molecule has 1 aliphatic heterocycles. The van der Waals surface area contributed by atoms with Gasteiger partial charge in [-0.2, -0.15) is 0 Å². The second kappa shape index (κ2) is 11.6. The Morgan fingerprint density at radius 1 is 0.889 bits per heavy atom. The minimum absolute atomic E-state index is 0.0307. The number of nitrogens with one attached hydrogen (secondary N) is 4. The van der Waals surface area contributed by atoms with Gasteiger partial charge in [-0.05, 0) is 30.7 Å². The predicted molar refractivity (Wildman–Crippen MR) is 130 cm³/mol. The van der Waals surface area contributed by atoms with Crippen molar-refractivity contribution >= 4 is 41.2 Å². The van der Waals surface area contributed by atoms with Gasteiger partial charge in [0.15, 0.2) is 0 Å². The number of hydrogen-bond donors (Lipinski definition) is 4. The zero-order chi connectivity index (χ0) is 26.2. The molecule has 188 valence electrons. The third-order valence-electron chi connectivity index (χ3n) is 4.94. The molecule has 0 saturated heterocycles. The number of carbonyl (C=O) groups is 5. The third kappa shape index (κ3) is 6.69. The summed E-state index contributed by atoms with van der Waals surface area (Å²) >= 11 is 0. The number of esters is 2. The van der Waals surface area contributed by atoms with Crippen molar-refractivity contribution in [2.45, 2.75) is 26.8 Å². The van der Waals surface area contributed by atoms with Crippen LogP contribution < -0.4 is 21.3 Å². The SMILES string of the molecule is CCOC(=O)C1=C(COC(=O)c2cc(NC(C)=O)cc(NC(C)=O)c2)NC(=O)NC1c1ccccc1. The van der Waals surface area contributed by atoms with Gasteiger partial charge in [-0.15, -0.1) is 0 Å². The fourth-order valence-corrected chi connectivity index (χ4v) is 3.59. The normalized spacial score (nSPS) is 14.8. The van der Waals surface area contributed by atoms with Crippen LogP contribution >= 0.6 is 0 Å². The standard InChI is InChI=1S/C25H26N4O7/c1-4-35-24(33)21-20(28-25(34)29-22(21)16-8-6-5-7-9-16)13-36-23(32)17-10-18(26-14(2)30)12-19(11-17)27-15(3)31/h5-12,22H,4,13H2,1-3H3,(H,26,30)(H,27,31)(H2,28,29,34). The summed E-state index contributed by atoms with van der Waals surface area (Å²) in [6, 6.07) is 11.7. The van der Waals surface area contributed by atoms with Gasteiger partial charge in [0.05, 0.1) is 29.5 Å². The zero-order valence-corrected chi connectivity index (χ0v) is 20.0. The van der Waals surface area contributed by atoms with E-state index in [0.717, 1.165) is 0 Å².